The molecule has 0 unspecified atom stereocenters. The van der Waals surface area contributed by atoms with Crippen LogP contribution in [-0.4, -0.2) is 11.4 Å². The highest BCUT2D eigenvalue weighted by Gasteiger charge is 2.09. The average Bonchev–Trinajstić information content (AvgIpc) is 2.01. The second-order valence-electron chi connectivity index (χ2n) is 1.92. The molecular weight excluding hydrogens is 171 g/mol. The van der Waals surface area contributed by atoms with Gasteiger partial charge in [-0.05, 0) is 12.1 Å². The third-order valence-electron chi connectivity index (χ3n) is 1.22. The molecule has 4 heteroatoms. The van der Waals surface area contributed by atoms with Gasteiger partial charge in [0.05, 0.1) is 10.6 Å². The van der Waals surface area contributed by atoms with E-state index in [1.54, 1.807) is 0 Å². The van der Waals surface area contributed by atoms with Gasteiger partial charge in [0.2, 0.25) is 0 Å². The molecule has 0 radical (unpaired) electrons. The molecule has 0 heterocycles. The van der Waals surface area contributed by atoms with Crippen molar-refractivity contribution in [2.24, 2.45) is 0 Å². The van der Waals surface area contributed by atoms with E-state index in [0.717, 1.165) is 0 Å². The lowest BCUT2D eigenvalue weighted by Crippen LogP contribution is -1.87. The number of hydrogen-bond donors (Lipinski definition) is 1. The minimum atomic E-state index is -0.979. The summed E-state index contributed by atoms with van der Waals surface area (Å²) >= 11 is 5.34. The van der Waals surface area contributed by atoms with Crippen LogP contribution < -0.4 is 0 Å². The molecule has 0 aliphatic rings. The minimum Gasteiger partial charge on any atom is -0.504 e. The Morgan fingerprint density at radius 3 is 2.73 bits per heavy atom. The largest absolute Gasteiger partial charge is 0.504 e. The molecular formula is C7H4ClFO2. The Balaban J connectivity index is 3.36. The van der Waals surface area contributed by atoms with E-state index in [2.05, 4.69) is 0 Å². The van der Waals surface area contributed by atoms with Gasteiger partial charge in [0.1, 0.15) is 0 Å². The maximum atomic E-state index is 12.7. The van der Waals surface area contributed by atoms with Crippen molar-refractivity contribution in [2.75, 3.05) is 0 Å². The van der Waals surface area contributed by atoms with Crippen molar-refractivity contribution in [2.45, 2.75) is 0 Å². The van der Waals surface area contributed by atoms with Crippen LogP contribution in [-0.2, 0) is 0 Å². The number of hydrogen-bond acceptors (Lipinski definition) is 2. The molecule has 1 aromatic rings. The summed E-state index contributed by atoms with van der Waals surface area (Å²) in [5, 5.41) is 8.75. The van der Waals surface area contributed by atoms with Crippen molar-refractivity contribution in [3.63, 3.8) is 0 Å². The minimum absolute atomic E-state index is 0.104. The summed E-state index contributed by atoms with van der Waals surface area (Å²) in [6.45, 7) is 0. The Morgan fingerprint density at radius 1 is 1.55 bits per heavy atom. The highest BCUT2D eigenvalue weighted by atomic mass is 35.5. The van der Waals surface area contributed by atoms with E-state index >= 15 is 0 Å². The van der Waals surface area contributed by atoms with Crippen LogP contribution in [0.2, 0.25) is 5.02 Å². The third kappa shape index (κ3) is 1.33. The van der Waals surface area contributed by atoms with Crippen molar-refractivity contribution < 1.29 is 14.3 Å². The van der Waals surface area contributed by atoms with Crippen molar-refractivity contribution in [1.82, 2.24) is 0 Å². The number of carbonyl (C=O) groups excluding carboxylic acids is 1. The zero-order valence-electron chi connectivity index (χ0n) is 5.34. The van der Waals surface area contributed by atoms with E-state index in [1.807, 2.05) is 0 Å². The predicted octanol–water partition coefficient (Wildman–Crippen LogP) is 2.00. The first-order valence-corrected chi connectivity index (χ1v) is 3.16. The number of halogens is 2. The molecule has 58 valence electrons. The number of aromatic hydroxyl groups is 1. The first-order valence-electron chi connectivity index (χ1n) is 2.79. The standard InChI is InChI=1S/C7H4ClFO2/c8-5-2-1-4(3-10)6(9)7(5)11/h1-3,11H. The van der Waals surface area contributed by atoms with E-state index in [0.29, 0.717) is 6.29 Å². The Bertz CT molecular complexity index is 299. The highest BCUT2D eigenvalue weighted by Crippen LogP contribution is 2.27. The van der Waals surface area contributed by atoms with Gasteiger partial charge in [-0.3, -0.25) is 4.79 Å². The zero-order chi connectivity index (χ0) is 8.43. The molecule has 0 aromatic heterocycles. The number of aldehydes is 1. The Labute approximate surface area is 67.2 Å². The monoisotopic (exact) mass is 174 g/mol. The molecule has 0 aliphatic carbocycles. The first-order chi connectivity index (χ1) is 5.16. The number of phenolic OH excluding ortho intramolecular Hbond substituents is 1. The van der Waals surface area contributed by atoms with Gasteiger partial charge < -0.3 is 5.11 Å². The molecule has 11 heavy (non-hydrogen) atoms. The normalized spacial score (nSPS) is 9.64. The SMILES string of the molecule is O=Cc1ccc(Cl)c(O)c1F. The fourth-order valence-corrected chi connectivity index (χ4v) is 0.794. The van der Waals surface area contributed by atoms with Crippen LogP contribution in [0.5, 0.6) is 5.75 Å². The van der Waals surface area contributed by atoms with Crippen LogP contribution in [0.1, 0.15) is 10.4 Å². The molecule has 0 atom stereocenters. The predicted molar refractivity (Wildman–Crippen MR) is 38.5 cm³/mol. The van der Waals surface area contributed by atoms with Crippen molar-refractivity contribution >= 4 is 17.9 Å². The zero-order valence-corrected chi connectivity index (χ0v) is 6.10. The highest BCUT2D eigenvalue weighted by molar-refractivity contribution is 6.32. The number of carbonyl (C=O) groups is 1. The van der Waals surface area contributed by atoms with Crippen molar-refractivity contribution in [3.8, 4) is 5.75 Å². The molecule has 1 N–H and O–H groups in total. The van der Waals surface area contributed by atoms with E-state index in [-0.39, 0.29) is 10.6 Å². The van der Waals surface area contributed by atoms with Crippen LogP contribution in [0.3, 0.4) is 0 Å². The Kier molecular flexibility index (Phi) is 2.10. The molecule has 2 nitrogen and oxygen atoms in total. The fraction of sp³-hybridized carbons (Fsp3) is 0. The molecule has 0 fully saturated rings. The Morgan fingerprint density at radius 2 is 2.18 bits per heavy atom. The average molecular weight is 175 g/mol. The molecule has 0 saturated carbocycles. The number of rotatable bonds is 1. The number of phenols is 1. The molecule has 0 bridgehead atoms. The molecule has 1 aromatic carbocycles. The molecule has 0 aliphatic heterocycles. The van der Waals surface area contributed by atoms with Gasteiger partial charge in [-0.25, -0.2) is 4.39 Å². The summed E-state index contributed by atoms with van der Waals surface area (Å²) in [4.78, 5) is 10.1. The van der Waals surface area contributed by atoms with Gasteiger partial charge >= 0.3 is 0 Å². The third-order valence-corrected chi connectivity index (χ3v) is 1.53. The second kappa shape index (κ2) is 2.88. The van der Waals surface area contributed by atoms with Gasteiger partial charge in [0.25, 0.3) is 0 Å². The van der Waals surface area contributed by atoms with E-state index in [9.17, 15) is 9.18 Å². The summed E-state index contributed by atoms with van der Waals surface area (Å²) in [5.74, 6) is -1.66. The smallest absolute Gasteiger partial charge is 0.176 e. The lowest BCUT2D eigenvalue weighted by molar-refractivity contribution is 0.111. The second-order valence-corrected chi connectivity index (χ2v) is 2.32. The van der Waals surface area contributed by atoms with E-state index in [4.69, 9.17) is 16.7 Å². The summed E-state index contributed by atoms with van der Waals surface area (Å²) in [7, 11) is 0. The van der Waals surface area contributed by atoms with Crippen molar-refractivity contribution in [1.29, 1.82) is 0 Å². The summed E-state index contributed by atoms with van der Waals surface area (Å²) in [6, 6.07) is 2.45. The van der Waals surface area contributed by atoms with Gasteiger partial charge in [-0.1, -0.05) is 11.6 Å². The van der Waals surface area contributed by atoms with Crippen molar-refractivity contribution in [3.05, 3.63) is 28.5 Å². The molecule has 0 saturated heterocycles. The lowest BCUT2D eigenvalue weighted by Gasteiger charge is -1.98. The first kappa shape index (κ1) is 8.01. The van der Waals surface area contributed by atoms with Crippen LogP contribution >= 0.6 is 11.6 Å². The maximum Gasteiger partial charge on any atom is 0.176 e. The van der Waals surface area contributed by atoms with E-state index < -0.39 is 11.6 Å². The van der Waals surface area contributed by atoms with Crippen LogP contribution in [0, 0.1) is 5.82 Å². The van der Waals surface area contributed by atoms with Gasteiger partial charge in [-0.15, -0.1) is 0 Å². The summed E-state index contributed by atoms with van der Waals surface area (Å²) in [5.41, 5.74) is -0.202. The summed E-state index contributed by atoms with van der Waals surface area (Å²) < 4.78 is 12.7. The Hall–Kier alpha value is -1.09. The number of benzene rings is 1. The molecule has 0 spiro atoms. The van der Waals surface area contributed by atoms with Crippen LogP contribution in [0.15, 0.2) is 12.1 Å². The summed E-state index contributed by atoms with van der Waals surface area (Å²) in [6.07, 6.45) is 0.311. The van der Waals surface area contributed by atoms with Crippen LogP contribution in [0.25, 0.3) is 0 Å². The molecule has 0 amide bonds. The van der Waals surface area contributed by atoms with Crippen LogP contribution in [0.4, 0.5) is 4.39 Å². The topological polar surface area (TPSA) is 37.3 Å². The molecule has 1 rings (SSSR count). The van der Waals surface area contributed by atoms with E-state index in [1.165, 1.54) is 12.1 Å². The van der Waals surface area contributed by atoms with Gasteiger partial charge in [-0.2, -0.15) is 0 Å². The fourth-order valence-electron chi connectivity index (χ4n) is 0.648. The quantitative estimate of drug-likeness (QED) is 0.662. The van der Waals surface area contributed by atoms with Gasteiger partial charge in [0.15, 0.2) is 17.9 Å². The van der Waals surface area contributed by atoms with Gasteiger partial charge in [0, 0.05) is 0 Å². The lowest BCUT2D eigenvalue weighted by atomic mass is 10.2. The maximum absolute atomic E-state index is 12.7.